The zero-order chi connectivity index (χ0) is 12.7. The molecule has 0 amide bonds. The van der Waals surface area contributed by atoms with Crippen LogP contribution in [0.3, 0.4) is 0 Å². The molecule has 3 rings (SSSR count). The second-order valence-corrected chi connectivity index (χ2v) is 5.89. The highest BCUT2D eigenvalue weighted by molar-refractivity contribution is 6.36. The first kappa shape index (κ1) is 12.3. The van der Waals surface area contributed by atoms with E-state index in [9.17, 15) is 0 Å². The molecule has 0 aliphatic heterocycles. The molecule has 18 heavy (non-hydrogen) atoms. The maximum atomic E-state index is 6.57. The summed E-state index contributed by atoms with van der Waals surface area (Å²) >= 11 is 18.7. The van der Waals surface area contributed by atoms with Crippen molar-refractivity contribution in [2.75, 3.05) is 0 Å². The van der Waals surface area contributed by atoms with E-state index < -0.39 is 0 Å². The van der Waals surface area contributed by atoms with Crippen molar-refractivity contribution < 1.29 is 0 Å². The van der Waals surface area contributed by atoms with Gasteiger partial charge in [0.2, 0.25) is 0 Å². The first-order valence-corrected chi connectivity index (χ1v) is 7.03. The molecule has 0 N–H and O–H groups in total. The summed E-state index contributed by atoms with van der Waals surface area (Å²) in [5.74, 6) is 0.349. The lowest BCUT2D eigenvalue weighted by Crippen LogP contribution is -2.21. The summed E-state index contributed by atoms with van der Waals surface area (Å²) < 4.78 is 0. The number of alkyl halides is 1. The summed E-state index contributed by atoms with van der Waals surface area (Å²) in [5, 5.41) is 1.19. The average Bonchev–Trinajstić information content (AvgIpc) is 2.30. The lowest BCUT2D eigenvalue weighted by molar-refractivity contribution is 0.587. The zero-order valence-electron chi connectivity index (χ0n) is 9.54. The molecule has 0 radical (unpaired) electrons. The van der Waals surface area contributed by atoms with Crippen LogP contribution in [0.1, 0.15) is 28.0 Å². The summed E-state index contributed by atoms with van der Waals surface area (Å²) in [5.41, 5.74) is 3.68. The lowest BCUT2D eigenvalue weighted by Gasteiger charge is -2.34. The Balaban J connectivity index is 1.91. The summed E-state index contributed by atoms with van der Waals surface area (Å²) in [4.78, 5) is 0. The van der Waals surface area contributed by atoms with Gasteiger partial charge in [0.15, 0.2) is 0 Å². The van der Waals surface area contributed by atoms with Crippen LogP contribution in [0, 0.1) is 0 Å². The largest absolute Gasteiger partial charge is 0.117 e. The third-order valence-electron chi connectivity index (χ3n) is 3.51. The molecule has 0 heterocycles. The fourth-order valence-electron chi connectivity index (χ4n) is 2.50. The third-order valence-corrected chi connectivity index (χ3v) is 4.61. The van der Waals surface area contributed by atoms with Crippen LogP contribution < -0.4 is 0 Å². The minimum absolute atomic E-state index is 0.0929. The second-order valence-electron chi connectivity index (χ2n) is 4.58. The fraction of sp³-hybridized carbons (Fsp3) is 0.200. The molecule has 1 aliphatic carbocycles. The Hall–Kier alpha value is -0.690. The lowest BCUT2D eigenvalue weighted by atomic mass is 9.74. The van der Waals surface area contributed by atoms with E-state index >= 15 is 0 Å². The molecule has 0 saturated heterocycles. The number of fused-ring (bicyclic) bond motifs is 1. The van der Waals surface area contributed by atoms with Crippen molar-refractivity contribution in [1.82, 2.24) is 0 Å². The summed E-state index contributed by atoms with van der Waals surface area (Å²) in [6.45, 7) is 0. The maximum Gasteiger partial charge on any atom is 0.0671 e. The Bertz CT molecular complexity index is 592. The molecule has 0 aromatic heterocycles. The van der Waals surface area contributed by atoms with E-state index in [0.29, 0.717) is 16.0 Å². The van der Waals surface area contributed by atoms with Crippen LogP contribution in [-0.2, 0) is 6.42 Å². The molecule has 0 fully saturated rings. The van der Waals surface area contributed by atoms with Gasteiger partial charge in [-0.15, -0.1) is 11.6 Å². The zero-order valence-corrected chi connectivity index (χ0v) is 11.8. The van der Waals surface area contributed by atoms with Gasteiger partial charge in [-0.25, -0.2) is 0 Å². The topological polar surface area (TPSA) is 0 Å². The molecule has 1 aliphatic rings. The van der Waals surface area contributed by atoms with Gasteiger partial charge >= 0.3 is 0 Å². The Kier molecular flexibility index (Phi) is 3.27. The first-order valence-electron chi connectivity index (χ1n) is 5.83. The van der Waals surface area contributed by atoms with Crippen molar-refractivity contribution in [1.29, 1.82) is 0 Å². The van der Waals surface area contributed by atoms with E-state index in [1.54, 1.807) is 6.07 Å². The SMILES string of the molecule is Clc1ccc(C(Cl)C2Cc3ccccc32)c(Cl)c1. The van der Waals surface area contributed by atoms with Gasteiger partial charge in [-0.05, 0) is 35.2 Å². The van der Waals surface area contributed by atoms with Gasteiger partial charge in [0.05, 0.1) is 5.38 Å². The monoisotopic (exact) mass is 296 g/mol. The van der Waals surface area contributed by atoms with E-state index in [0.717, 1.165) is 12.0 Å². The average molecular weight is 298 g/mol. The van der Waals surface area contributed by atoms with Crippen molar-refractivity contribution in [2.24, 2.45) is 0 Å². The van der Waals surface area contributed by atoms with Crippen molar-refractivity contribution in [3.63, 3.8) is 0 Å². The molecule has 0 spiro atoms. The predicted octanol–water partition coefficient (Wildman–Crippen LogP) is 5.61. The standard InChI is InChI=1S/C15H11Cl3/c16-10-5-6-12(14(17)8-10)15(18)13-7-9-3-1-2-4-11(9)13/h1-6,8,13,15H,7H2. The quantitative estimate of drug-likeness (QED) is 0.632. The minimum atomic E-state index is -0.0929. The van der Waals surface area contributed by atoms with E-state index in [2.05, 4.69) is 24.3 Å². The number of hydrogen-bond acceptors (Lipinski definition) is 0. The van der Waals surface area contributed by atoms with E-state index in [1.165, 1.54) is 11.1 Å². The van der Waals surface area contributed by atoms with Crippen molar-refractivity contribution in [3.8, 4) is 0 Å². The highest BCUT2D eigenvalue weighted by Gasteiger charge is 2.33. The third kappa shape index (κ3) is 2.03. The highest BCUT2D eigenvalue weighted by Crippen LogP contribution is 2.48. The first-order chi connectivity index (χ1) is 8.66. The molecule has 0 bridgehead atoms. The number of halogens is 3. The van der Waals surface area contributed by atoms with Gasteiger partial charge in [0.1, 0.15) is 0 Å². The number of hydrogen-bond donors (Lipinski definition) is 0. The van der Waals surface area contributed by atoms with Crippen LogP contribution in [0.25, 0.3) is 0 Å². The summed E-state index contributed by atoms with van der Waals surface area (Å²) in [6, 6.07) is 13.9. The molecule has 92 valence electrons. The van der Waals surface area contributed by atoms with Gasteiger partial charge in [-0.1, -0.05) is 53.5 Å². The molecule has 2 aromatic rings. The molecule has 0 saturated carbocycles. The van der Waals surface area contributed by atoms with Gasteiger partial charge in [0.25, 0.3) is 0 Å². The molecule has 2 aromatic carbocycles. The molecule has 3 heteroatoms. The summed E-state index contributed by atoms with van der Waals surface area (Å²) in [7, 11) is 0. The fourth-order valence-corrected chi connectivity index (χ4v) is 3.50. The maximum absolute atomic E-state index is 6.57. The van der Waals surface area contributed by atoms with Crippen LogP contribution in [0.15, 0.2) is 42.5 Å². The van der Waals surface area contributed by atoms with Crippen molar-refractivity contribution in [2.45, 2.75) is 17.7 Å². The Morgan fingerprint density at radius 1 is 1.06 bits per heavy atom. The van der Waals surface area contributed by atoms with Crippen LogP contribution >= 0.6 is 34.8 Å². The normalized spacial score (nSPS) is 18.9. The van der Waals surface area contributed by atoms with Crippen LogP contribution in [0.4, 0.5) is 0 Å². The second kappa shape index (κ2) is 4.77. The predicted molar refractivity (Wildman–Crippen MR) is 77.9 cm³/mol. The number of rotatable bonds is 2. The smallest absolute Gasteiger partial charge is 0.0671 e. The van der Waals surface area contributed by atoms with Crippen LogP contribution in [0.5, 0.6) is 0 Å². The molecule has 2 unspecified atom stereocenters. The Labute approximate surface area is 121 Å². The van der Waals surface area contributed by atoms with E-state index in [1.807, 2.05) is 12.1 Å². The van der Waals surface area contributed by atoms with Gasteiger partial charge in [-0.3, -0.25) is 0 Å². The summed E-state index contributed by atoms with van der Waals surface area (Å²) in [6.07, 6.45) is 1.02. The Morgan fingerprint density at radius 3 is 2.56 bits per heavy atom. The van der Waals surface area contributed by atoms with Crippen LogP contribution in [-0.4, -0.2) is 0 Å². The van der Waals surface area contributed by atoms with E-state index in [4.69, 9.17) is 34.8 Å². The van der Waals surface area contributed by atoms with Gasteiger partial charge < -0.3 is 0 Å². The number of benzene rings is 2. The van der Waals surface area contributed by atoms with Gasteiger partial charge in [-0.2, -0.15) is 0 Å². The Morgan fingerprint density at radius 2 is 1.83 bits per heavy atom. The molecular weight excluding hydrogens is 287 g/mol. The molecular formula is C15H11Cl3. The van der Waals surface area contributed by atoms with Crippen molar-refractivity contribution >= 4 is 34.8 Å². The van der Waals surface area contributed by atoms with Crippen molar-refractivity contribution in [3.05, 3.63) is 69.2 Å². The highest BCUT2D eigenvalue weighted by atomic mass is 35.5. The molecule has 0 nitrogen and oxygen atoms in total. The van der Waals surface area contributed by atoms with E-state index in [-0.39, 0.29) is 5.38 Å². The minimum Gasteiger partial charge on any atom is -0.117 e. The van der Waals surface area contributed by atoms with Crippen LogP contribution in [0.2, 0.25) is 10.0 Å². The van der Waals surface area contributed by atoms with Gasteiger partial charge in [0, 0.05) is 16.0 Å². The molecule has 2 atom stereocenters.